The summed E-state index contributed by atoms with van der Waals surface area (Å²) in [5, 5.41) is 2.93. The zero-order valence-electron chi connectivity index (χ0n) is 7.62. The van der Waals surface area contributed by atoms with Crippen molar-refractivity contribution >= 4 is 11.3 Å². The molecule has 1 atom stereocenters. The first-order chi connectivity index (χ1) is 6.66. The molecule has 1 aromatic heterocycles. The molecule has 1 aliphatic carbocycles. The number of rotatable bonds is 4. The number of aromatic nitrogens is 1. The number of thiazole rings is 1. The van der Waals surface area contributed by atoms with Crippen LogP contribution in [0.4, 0.5) is 8.78 Å². The topological polar surface area (TPSA) is 38.9 Å². The van der Waals surface area contributed by atoms with E-state index in [1.54, 1.807) is 11.3 Å². The van der Waals surface area contributed by atoms with Gasteiger partial charge >= 0.3 is 0 Å². The van der Waals surface area contributed by atoms with Crippen molar-refractivity contribution in [3.8, 4) is 0 Å². The Labute approximate surface area is 85.1 Å². The van der Waals surface area contributed by atoms with E-state index in [0.29, 0.717) is 11.6 Å². The predicted octanol–water partition coefficient (Wildman–Crippen LogP) is 2.16. The Kier molecular flexibility index (Phi) is 2.78. The summed E-state index contributed by atoms with van der Waals surface area (Å²) in [5.41, 5.74) is 5.98. The molecule has 0 spiro atoms. The van der Waals surface area contributed by atoms with Crippen LogP contribution in [0.1, 0.15) is 29.5 Å². The molecule has 2 N–H and O–H groups in total. The monoisotopic (exact) mass is 218 g/mol. The Morgan fingerprint density at radius 2 is 2.29 bits per heavy atom. The molecule has 1 unspecified atom stereocenters. The van der Waals surface area contributed by atoms with E-state index in [2.05, 4.69) is 4.98 Å². The molecule has 0 saturated heterocycles. The Morgan fingerprint density at radius 1 is 1.57 bits per heavy atom. The SMILES string of the molecule is NC(Cc1csc(C2CC2)n1)C(F)F. The highest BCUT2D eigenvalue weighted by atomic mass is 32.1. The Bertz CT molecular complexity index is 310. The minimum absolute atomic E-state index is 0.181. The Balaban J connectivity index is 1.95. The second kappa shape index (κ2) is 3.90. The molecule has 0 radical (unpaired) electrons. The van der Waals surface area contributed by atoms with Gasteiger partial charge in [-0.3, -0.25) is 0 Å². The summed E-state index contributed by atoms with van der Waals surface area (Å²) in [6.07, 6.45) is 0.101. The molecule has 1 heterocycles. The lowest BCUT2D eigenvalue weighted by molar-refractivity contribution is 0.115. The van der Waals surface area contributed by atoms with E-state index >= 15 is 0 Å². The van der Waals surface area contributed by atoms with E-state index in [9.17, 15) is 8.78 Å². The van der Waals surface area contributed by atoms with Crippen LogP contribution in [0.15, 0.2) is 5.38 Å². The fourth-order valence-electron chi connectivity index (χ4n) is 1.26. The third-order valence-electron chi connectivity index (χ3n) is 2.26. The van der Waals surface area contributed by atoms with Crippen LogP contribution in [0.2, 0.25) is 0 Å². The van der Waals surface area contributed by atoms with Gasteiger partial charge in [0, 0.05) is 17.7 Å². The number of hydrogen-bond acceptors (Lipinski definition) is 3. The van der Waals surface area contributed by atoms with Crippen LogP contribution >= 0.6 is 11.3 Å². The van der Waals surface area contributed by atoms with Crippen molar-refractivity contribution in [1.29, 1.82) is 0 Å². The molecule has 1 aliphatic rings. The molecule has 1 saturated carbocycles. The minimum Gasteiger partial charge on any atom is -0.323 e. The maximum atomic E-state index is 12.1. The summed E-state index contributed by atoms with van der Waals surface area (Å²) in [4.78, 5) is 4.30. The fraction of sp³-hybridized carbons (Fsp3) is 0.667. The van der Waals surface area contributed by atoms with Gasteiger partial charge in [0.05, 0.1) is 16.7 Å². The van der Waals surface area contributed by atoms with E-state index in [1.165, 1.54) is 12.8 Å². The normalized spacial score (nSPS) is 18.9. The first kappa shape index (κ1) is 9.98. The second-order valence-electron chi connectivity index (χ2n) is 3.65. The van der Waals surface area contributed by atoms with Gasteiger partial charge in [-0.25, -0.2) is 13.8 Å². The van der Waals surface area contributed by atoms with E-state index in [0.717, 1.165) is 5.01 Å². The van der Waals surface area contributed by atoms with E-state index in [-0.39, 0.29) is 6.42 Å². The van der Waals surface area contributed by atoms with Crippen LogP contribution in [0.25, 0.3) is 0 Å². The average Bonchev–Trinajstić information content (AvgIpc) is 2.88. The largest absolute Gasteiger partial charge is 0.323 e. The van der Waals surface area contributed by atoms with Gasteiger partial charge in [0.1, 0.15) is 0 Å². The van der Waals surface area contributed by atoms with Crippen molar-refractivity contribution in [2.45, 2.75) is 37.6 Å². The van der Waals surface area contributed by atoms with Gasteiger partial charge in [-0.15, -0.1) is 11.3 Å². The van der Waals surface area contributed by atoms with E-state index in [4.69, 9.17) is 5.73 Å². The average molecular weight is 218 g/mol. The van der Waals surface area contributed by atoms with Crippen molar-refractivity contribution in [2.24, 2.45) is 5.73 Å². The molecular formula is C9H12F2N2S. The standard InChI is InChI=1S/C9H12F2N2S/c10-8(11)7(12)3-6-4-14-9(13-6)5-1-2-5/h4-5,7-8H,1-3,12H2. The molecule has 14 heavy (non-hydrogen) atoms. The second-order valence-corrected chi connectivity index (χ2v) is 4.54. The van der Waals surface area contributed by atoms with Crippen LogP contribution in [0, 0.1) is 0 Å². The van der Waals surface area contributed by atoms with E-state index < -0.39 is 12.5 Å². The first-order valence-corrected chi connectivity index (χ1v) is 5.53. The quantitative estimate of drug-likeness (QED) is 0.841. The van der Waals surface area contributed by atoms with Crippen molar-refractivity contribution in [3.63, 3.8) is 0 Å². The van der Waals surface area contributed by atoms with Crippen LogP contribution < -0.4 is 5.73 Å². The summed E-state index contributed by atoms with van der Waals surface area (Å²) in [6.45, 7) is 0. The smallest absolute Gasteiger partial charge is 0.253 e. The number of alkyl halides is 2. The van der Waals surface area contributed by atoms with Gasteiger partial charge in [0.2, 0.25) is 0 Å². The predicted molar refractivity (Wildman–Crippen MR) is 51.8 cm³/mol. The highest BCUT2D eigenvalue weighted by Crippen LogP contribution is 2.41. The molecule has 2 rings (SSSR count). The van der Waals surface area contributed by atoms with Gasteiger partial charge in [-0.2, -0.15) is 0 Å². The summed E-state index contributed by atoms with van der Waals surface area (Å²) < 4.78 is 24.3. The highest BCUT2D eigenvalue weighted by molar-refractivity contribution is 7.09. The maximum absolute atomic E-state index is 12.1. The van der Waals surface area contributed by atoms with Crippen LogP contribution in [0.3, 0.4) is 0 Å². The van der Waals surface area contributed by atoms with Gasteiger partial charge in [0.15, 0.2) is 0 Å². The highest BCUT2D eigenvalue weighted by Gasteiger charge is 2.27. The maximum Gasteiger partial charge on any atom is 0.253 e. The summed E-state index contributed by atoms with van der Waals surface area (Å²) in [7, 11) is 0. The minimum atomic E-state index is -2.46. The molecular weight excluding hydrogens is 206 g/mol. The molecule has 1 fully saturated rings. The summed E-state index contributed by atoms with van der Waals surface area (Å²) >= 11 is 1.56. The number of hydrogen-bond donors (Lipinski definition) is 1. The third-order valence-corrected chi connectivity index (χ3v) is 3.32. The number of nitrogens with zero attached hydrogens (tertiary/aromatic N) is 1. The molecule has 2 nitrogen and oxygen atoms in total. The third kappa shape index (κ3) is 2.27. The molecule has 0 amide bonds. The molecule has 78 valence electrons. The van der Waals surface area contributed by atoms with Crippen LogP contribution in [0.5, 0.6) is 0 Å². The molecule has 0 aliphatic heterocycles. The van der Waals surface area contributed by atoms with Gasteiger partial charge in [-0.1, -0.05) is 0 Å². The zero-order chi connectivity index (χ0) is 10.1. The van der Waals surface area contributed by atoms with Crippen molar-refractivity contribution in [1.82, 2.24) is 4.98 Å². The Morgan fingerprint density at radius 3 is 2.86 bits per heavy atom. The fourth-order valence-corrected chi connectivity index (χ4v) is 2.27. The lowest BCUT2D eigenvalue weighted by Gasteiger charge is -2.07. The molecule has 5 heteroatoms. The van der Waals surface area contributed by atoms with Crippen molar-refractivity contribution in [3.05, 3.63) is 16.1 Å². The van der Waals surface area contributed by atoms with Gasteiger partial charge in [-0.05, 0) is 12.8 Å². The first-order valence-electron chi connectivity index (χ1n) is 4.65. The molecule has 0 aromatic carbocycles. The van der Waals surface area contributed by atoms with Crippen molar-refractivity contribution < 1.29 is 8.78 Å². The van der Waals surface area contributed by atoms with E-state index in [1.807, 2.05) is 5.38 Å². The van der Waals surface area contributed by atoms with Crippen LogP contribution in [-0.2, 0) is 6.42 Å². The van der Waals surface area contributed by atoms with Crippen LogP contribution in [-0.4, -0.2) is 17.5 Å². The number of nitrogens with two attached hydrogens (primary N) is 1. The van der Waals surface area contributed by atoms with Gasteiger partial charge < -0.3 is 5.73 Å². The van der Waals surface area contributed by atoms with Crippen molar-refractivity contribution in [2.75, 3.05) is 0 Å². The lowest BCUT2D eigenvalue weighted by atomic mass is 10.2. The molecule has 0 bridgehead atoms. The lowest BCUT2D eigenvalue weighted by Crippen LogP contribution is -2.31. The van der Waals surface area contributed by atoms with Gasteiger partial charge in [0.25, 0.3) is 6.43 Å². The zero-order valence-corrected chi connectivity index (χ0v) is 8.44. The molecule has 1 aromatic rings. The Hall–Kier alpha value is -0.550. The number of halogens is 2. The summed E-state index contributed by atoms with van der Waals surface area (Å²) in [6, 6.07) is -1.08. The summed E-state index contributed by atoms with van der Waals surface area (Å²) in [5.74, 6) is 0.594.